The normalized spacial score (nSPS) is 15.5. The average Bonchev–Trinajstić information content (AvgIpc) is 2.62. The molecule has 0 spiro atoms. The molecule has 0 aliphatic carbocycles. The summed E-state index contributed by atoms with van der Waals surface area (Å²) in [5.74, 6) is -0.742. The van der Waals surface area contributed by atoms with Gasteiger partial charge in [0, 0.05) is 13.1 Å². The molecule has 126 valence electrons. The van der Waals surface area contributed by atoms with E-state index in [2.05, 4.69) is 0 Å². The lowest BCUT2D eigenvalue weighted by Crippen LogP contribution is -2.42. The van der Waals surface area contributed by atoms with Gasteiger partial charge in [0.25, 0.3) is 5.91 Å². The highest BCUT2D eigenvalue weighted by atomic mass is 16.5. The van der Waals surface area contributed by atoms with E-state index in [4.69, 9.17) is 9.15 Å². The second-order valence-electron chi connectivity index (χ2n) is 5.79. The van der Waals surface area contributed by atoms with Crippen LogP contribution in [0.25, 0.3) is 11.0 Å². The number of likely N-dealkylation sites (tertiary alicyclic amines) is 1. The quantitative estimate of drug-likeness (QED) is 0.807. The van der Waals surface area contributed by atoms with Crippen LogP contribution in [-0.4, -0.2) is 36.5 Å². The molecule has 1 amide bonds. The standard InChI is InChI=1S/C18H19NO5/c1-2-23-18(22)12-7-9-19(10-8-12)17(21)14-11-24-15-6-4-3-5-13(15)16(14)20/h3-6,11-12H,2,7-10H2,1H3. The monoisotopic (exact) mass is 329 g/mol. The van der Waals surface area contributed by atoms with E-state index in [0.717, 1.165) is 0 Å². The van der Waals surface area contributed by atoms with E-state index in [1.165, 1.54) is 6.26 Å². The molecule has 1 aliphatic heterocycles. The number of hydrogen-bond donors (Lipinski definition) is 0. The number of rotatable bonds is 3. The summed E-state index contributed by atoms with van der Waals surface area (Å²) in [4.78, 5) is 38.5. The number of piperidine rings is 1. The summed E-state index contributed by atoms with van der Waals surface area (Å²) in [5.41, 5.74) is 0.165. The number of fused-ring (bicyclic) bond motifs is 1. The van der Waals surface area contributed by atoms with Gasteiger partial charge in [0.2, 0.25) is 5.43 Å². The second-order valence-corrected chi connectivity index (χ2v) is 5.79. The number of ether oxygens (including phenoxy) is 1. The molecule has 2 heterocycles. The van der Waals surface area contributed by atoms with Crippen molar-refractivity contribution in [1.29, 1.82) is 0 Å². The van der Waals surface area contributed by atoms with Gasteiger partial charge in [-0.2, -0.15) is 0 Å². The third-order valence-corrected chi connectivity index (χ3v) is 4.31. The molecule has 1 aliphatic rings. The van der Waals surface area contributed by atoms with Crippen LogP contribution in [-0.2, 0) is 9.53 Å². The molecule has 0 saturated carbocycles. The molecular formula is C18H19NO5. The van der Waals surface area contributed by atoms with Gasteiger partial charge in [-0.1, -0.05) is 12.1 Å². The first-order valence-electron chi connectivity index (χ1n) is 8.08. The van der Waals surface area contributed by atoms with Crippen LogP contribution >= 0.6 is 0 Å². The number of amides is 1. The average molecular weight is 329 g/mol. The topological polar surface area (TPSA) is 76.8 Å². The van der Waals surface area contributed by atoms with Crippen LogP contribution in [0.4, 0.5) is 0 Å². The van der Waals surface area contributed by atoms with Crippen molar-refractivity contribution in [2.24, 2.45) is 5.92 Å². The Bertz CT molecular complexity index is 818. The van der Waals surface area contributed by atoms with Gasteiger partial charge in [0.05, 0.1) is 17.9 Å². The minimum Gasteiger partial charge on any atom is -0.466 e. The lowest BCUT2D eigenvalue weighted by Gasteiger charge is -2.30. The zero-order valence-corrected chi connectivity index (χ0v) is 13.5. The van der Waals surface area contributed by atoms with E-state index >= 15 is 0 Å². The van der Waals surface area contributed by atoms with Crippen molar-refractivity contribution in [3.05, 3.63) is 46.3 Å². The van der Waals surface area contributed by atoms with E-state index in [1.54, 1.807) is 36.1 Å². The number of carbonyl (C=O) groups excluding carboxylic acids is 2. The van der Waals surface area contributed by atoms with Crippen molar-refractivity contribution in [2.75, 3.05) is 19.7 Å². The van der Waals surface area contributed by atoms with Crippen molar-refractivity contribution >= 4 is 22.8 Å². The van der Waals surface area contributed by atoms with Gasteiger partial charge >= 0.3 is 5.97 Å². The second kappa shape index (κ2) is 6.86. The van der Waals surface area contributed by atoms with Gasteiger partial charge in [0.1, 0.15) is 17.4 Å². The van der Waals surface area contributed by atoms with Crippen LogP contribution in [0.5, 0.6) is 0 Å². The molecular weight excluding hydrogens is 310 g/mol. The van der Waals surface area contributed by atoms with Crippen LogP contribution in [0.3, 0.4) is 0 Å². The summed E-state index contributed by atoms with van der Waals surface area (Å²) in [6, 6.07) is 6.84. The predicted molar refractivity (Wildman–Crippen MR) is 87.7 cm³/mol. The van der Waals surface area contributed by atoms with Crippen molar-refractivity contribution in [2.45, 2.75) is 19.8 Å². The van der Waals surface area contributed by atoms with E-state index in [0.29, 0.717) is 43.5 Å². The SMILES string of the molecule is CCOC(=O)C1CCN(C(=O)c2coc3ccccc3c2=O)CC1. The fourth-order valence-corrected chi connectivity index (χ4v) is 2.97. The maximum atomic E-state index is 12.6. The van der Waals surface area contributed by atoms with E-state index in [1.807, 2.05) is 0 Å². The number of benzene rings is 1. The minimum atomic E-state index is -0.350. The van der Waals surface area contributed by atoms with E-state index in [-0.39, 0.29) is 28.8 Å². The number of hydrogen-bond acceptors (Lipinski definition) is 5. The van der Waals surface area contributed by atoms with Gasteiger partial charge < -0.3 is 14.1 Å². The Hall–Kier alpha value is -2.63. The molecule has 1 aromatic heterocycles. The Morgan fingerprint density at radius 3 is 2.67 bits per heavy atom. The molecule has 0 N–H and O–H groups in total. The number of esters is 1. The summed E-state index contributed by atoms with van der Waals surface area (Å²) >= 11 is 0. The first-order valence-corrected chi connectivity index (χ1v) is 8.08. The van der Waals surface area contributed by atoms with Crippen molar-refractivity contribution in [1.82, 2.24) is 4.90 Å². The summed E-state index contributed by atoms with van der Waals surface area (Å²) in [7, 11) is 0. The third kappa shape index (κ3) is 3.04. The molecule has 1 aromatic carbocycles. The molecule has 1 saturated heterocycles. The first-order chi connectivity index (χ1) is 11.6. The highest BCUT2D eigenvalue weighted by Gasteiger charge is 2.29. The lowest BCUT2D eigenvalue weighted by molar-refractivity contribution is -0.149. The van der Waals surface area contributed by atoms with Gasteiger partial charge in [0.15, 0.2) is 0 Å². The van der Waals surface area contributed by atoms with Crippen LogP contribution in [0, 0.1) is 5.92 Å². The Kier molecular flexibility index (Phi) is 4.64. The molecule has 3 rings (SSSR count). The lowest BCUT2D eigenvalue weighted by atomic mass is 9.96. The van der Waals surface area contributed by atoms with E-state index < -0.39 is 0 Å². The molecule has 0 unspecified atom stereocenters. The third-order valence-electron chi connectivity index (χ3n) is 4.31. The molecule has 24 heavy (non-hydrogen) atoms. The fraction of sp³-hybridized carbons (Fsp3) is 0.389. The summed E-state index contributed by atoms with van der Waals surface area (Å²) < 4.78 is 10.4. The zero-order valence-electron chi connectivity index (χ0n) is 13.5. The molecule has 0 atom stereocenters. The van der Waals surface area contributed by atoms with Crippen molar-refractivity contribution < 1.29 is 18.7 Å². The largest absolute Gasteiger partial charge is 0.466 e. The van der Waals surface area contributed by atoms with Crippen molar-refractivity contribution in [3.63, 3.8) is 0 Å². The van der Waals surface area contributed by atoms with Gasteiger partial charge in [-0.3, -0.25) is 14.4 Å². The van der Waals surface area contributed by atoms with Gasteiger partial charge in [-0.25, -0.2) is 0 Å². The maximum absolute atomic E-state index is 12.6. The predicted octanol–water partition coefficient (Wildman–Crippen LogP) is 2.21. The van der Waals surface area contributed by atoms with Gasteiger partial charge in [-0.05, 0) is 31.9 Å². The molecule has 6 nitrogen and oxygen atoms in total. The van der Waals surface area contributed by atoms with Crippen LogP contribution in [0.1, 0.15) is 30.1 Å². The minimum absolute atomic E-state index is 0.0308. The molecule has 0 radical (unpaired) electrons. The Morgan fingerprint density at radius 2 is 1.96 bits per heavy atom. The zero-order chi connectivity index (χ0) is 17.1. The number of para-hydroxylation sites is 1. The Morgan fingerprint density at radius 1 is 1.25 bits per heavy atom. The van der Waals surface area contributed by atoms with Crippen LogP contribution in [0.2, 0.25) is 0 Å². The Balaban J connectivity index is 1.75. The summed E-state index contributed by atoms with van der Waals surface area (Å²) in [6.45, 7) is 2.98. The maximum Gasteiger partial charge on any atom is 0.309 e. The first kappa shape index (κ1) is 16.2. The molecule has 0 bridgehead atoms. The van der Waals surface area contributed by atoms with Crippen LogP contribution < -0.4 is 5.43 Å². The van der Waals surface area contributed by atoms with Gasteiger partial charge in [-0.15, -0.1) is 0 Å². The van der Waals surface area contributed by atoms with E-state index in [9.17, 15) is 14.4 Å². The molecule has 1 fully saturated rings. The Labute approximate surface area is 139 Å². The van der Waals surface area contributed by atoms with Crippen molar-refractivity contribution in [3.8, 4) is 0 Å². The van der Waals surface area contributed by atoms with Crippen LogP contribution in [0.15, 0.2) is 39.7 Å². The highest BCUT2D eigenvalue weighted by Crippen LogP contribution is 2.20. The fourth-order valence-electron chi connectivity index (χ4n) is 2.97. The number of nitrogens with zero attached hydrogens (tertiary/aromatic N) is 1. The smallest absolute Gasteiger partial charge is 0.309 e. The summed E-state index contributed by atoms with van der Waals surface area (Å²) in [6.07, 6.45) is 2.32. The highest BCUT2D eigenvalue weighted by molar-refractivity contribution is 5.96. The molecule has 6 heteroatoms. The number of carbonyl (C=O) groups is 2. The molecule has 2 aromatic rings. The summed E-state index contributed by atoms with van der Waals surface area (Å²) in [5, 5.41) is 0.393.